The number of fused-ring (bicyclic) bond motifs is 1. The number of pyridine rings is 1. The highest BCUT2D eigenvalue weighted by Gasteiger charge is 2.20. The van der Waals surface area contributed by atoms with Gasteiger partial charge in [-0.25, -0.2) is 0 Å². The lowest BCUT2D eigenvalue weighted by atomic mass is 9.99. The minimum absolute atomic E-state index is 0.115. The highest BCUT2D eigenvalue weighted by molar-refractivity contribution is 5.94. The number of hydrogen-bond donors (Lipinski definition) is 2. The van der Waals surface area contributed by atoms with Gasteiger partial charge in [0, 0.05) is 12.7 Å². The Bertz CT molecular complexity index is 653. The molecular weight excluding hydrogens is 268 g/mol. The molecule has 1 aromatic carbocycles. The summed E-state index contributed by atoms with van der Waals surface area (Å²) < 4.78 is 0. The van der Waals surface area contributed by atoms with Gasteiger partial charge in [0.15, 0.2) is 0 Å². The summed E-state index contributed by atoms with van der Waals surface area (Å²) >= 11 is 0. The van der Waals surface area contributed by atoms with E-state index < -0.39 is 0 Å². The summed E-state index contributed by atoms with van der Waals surface area (Å²) in [5, 5.41) is 18.6. The van der Waals surface area contributed by atoms with Crippen molar-refractivity contribution in [2.75, 3.05) is 25.0 Å². The van der Waals surface area contributed by atoms with Crippen molar-refractivity contribution >= 4 is 22.3 Å². The maximum absolute atomic E-state index is 11.4. The highest BCUT2D eigenvalue weighted by atomic mass is 16.6. The van der Waals surface area contributed by atoms with Crippen LogP contribution >= 0.6 is 0 Å². The van der Waals surface area contributed by atoms with Crippen molar-refractivity contribution in [2.45, 2.75) is 12.8 Å². The molecule has 1 atom stereocenters. The van der Waals surface area contributed by atoms with E-state index in [1.165, 1.54) is 0 Å². The Morgan fingerprint density at radius 3 is 3.10 bits per heavy atom. The Labute approximate surface area is 122 Å². The van der Waals surface area contributed by atoms with Crippen molar-refractivity contribution < 1.29 is 4.92 Å². The highest BCUT2D eigenvalue weighted by Crippen LogP contribution is 2.32. The van der Waals surface area contributed by atoms with Crippen LogP contribution in [0.25, 0.3) is 10.9 Å². The molecule has 1 fully saturated rings. The van der Waals surface area contributed by atoms with Gasteiger partial charge in [-0.05, 0) is 56.1 Å². The summed E-state index contributed by atoms with van der Waals surface area (Å²) in [5.41, 5.74) is 1.34. The van der Waals surface area contributed by atoms with Gasteiger partial charge in [-0.2, -0.15) is 0 Å². The molecule has 1 aromatic heterocycles. The summed E-state index contributed by atoms with van der Waals surface area (Å²) in [5.74, 6) is 0.517. The molecule has 0 amide bonds. The van der Waals surface area contributed by atoms with Crippen molar-refractivity contribution in [2.24, 2.45) is 5.92 Å². The first-order valence-corrected chi connectivity index (χ1v) is 7.22. The van der Waals surface area contributed by atoms with Crippen molar-refractivity contribution in [3.05, 3.63) is 40.6 Å². The molecule has 2 heterocycles. The summed E-state index contributed by atoms with van der Waals surface area (Å²) in [6, 6.07) is 7.05. The largest absolute Gasteiger partial charge is 0.379 e. The second kappa shape index (κ2) is 6.05. The van der Waals surface area contributed by atoms with Gasteiger partial charge in [0.05, 0.1) is 15.8 Å². The number of benzene rings is 1. The second-order valence-corrected chi connectivity index (χ2v) is 5.38. The molecule has 0 spiro atoms. The molecule has 1 saturated heterocycles. The van der Waals surface area contributed by atoms with E-state index in [9.17, 15) is 10.1 Å². The molecule has 2 aromatic rings. The van der Waals surface area contributed by atoms with E-state index in [0.29, 0.717) is 22.5 Å². The third-order valence-corrected chi connectivity index (χ3v) is 3.92. The minimum atomic E-state index is -0.328. The summed E-state index contributed by atoms with van der Waals surface area (Å²) in [6.07, 6.45) is 3.96. The minimum Gasteiger partial charge on any atom is -0.379 e. The van der Waals surface area contributed by atoms with E-state index >= 15 is 0 Å². The topological polar surface area (TPSA) is 80.1 Å². The average molecular weight is 286 g/mol. The van der Waals surface area contributed by atoms with E-state index in [4.69, 9.17) is 0 Å². The molecule has 0 bridgehead atoms. The molecule has 6 heteroatoms. The lowest BCUT2D eigenvalue weighted by Gasteiger charge is -2.23. The first-order chi connectivity index (χ1) is 10.3. The lowest BCUT2D eigenvalue weighted by molar-refractivity contribution is -0.382. The number of nitrogens with one attached hydrogen (secondary N) is 2. The van der Waals surface area contributed by atoms with Crippen LogP contribution in [0.1, 0.15) is 12.8 Å². The number of nitro benzene ring substituents is 1. The van der Waals surface area contributed by atoms with Gasteiger partial charge in [-0.1, -0.05) is 0 Å². The fourth-order valence-electron chi connectivity index (χ4n) is 2.83. The second-order valence-electron chi connectivity index (χ2n) is 5.38. The number of rotatable bonds is 4. The van der Waals surface area contributed by atoms with Crippen molar-refractivity contribution in [1.29, 1.82) is 0 Å². The van der Waals surface area contributed by atoms with E-state index in [0.717, 1.165) is 32.5 Å². The fourth-order valence-corrected chi connectivity index (χ4v) is 2.83. The number of piperidine rings is 1. The predicted octanol–water partition coefficient (Wildman–Crippen LogP) is 2.55. The Balaban J connectivity index is 1.87. The van der Waals surface area contributed by atoms with Crippen LogP contribution in [-0.2, 0) is 0 Å². The molecule has 1 unspecified atom stereocenters. The van der Waals surface area contributed by atoms with Crippen LogP contribution < -0.4 is 10.6 Å². The van der Waals surface area contributed by atoms with Crippen molar-refractivity contribution in [3.8, 4) is 0 Å². The average Bonchev–Trinajstić information content (AvgIpc) is 2.53. The number of nitrogens with zero attached hydrogens (tertiary/aromatic N) is 2. The Hall–Kier alpha value is -2.21. The molecule has 21 heavy (non-hydrogen) atoms. The zero-order chi connectivity index (χ0) is 14.7. The third kappa shape index (κ3) is 2.95. The van der Waals surface area contributed by atoms with Crippen LogP contribution in [0.4, 0.5) is 11.4 Å². The lowest BCUT2D eigenvalue weighted by Crippen LogP contribution is -2.33. The van der Waals surface area contributed by atoms with Gasteiger partial charge in [0.25, 0.3) is 0 Å². The summed E-state index contributed by atoms with van der Waals surface area (Å²) in [7, 11) is 0. The fraction of sp³-hybridized carbons (Fsp3) is 0.400. The maximum Gasteiger partial charge on any atom is 0.301 e. The van der Waals surface area contributed by atoms with E-state index in [1.807, 2.05) is 6.07 Å². The predicted molar refractivity (Wildman–Crippen MR) is 82.5 cm³/mol. The first-order valence-electron chi connectivity index (χ1n) is 7.22. The molecule has 0 saturated carbocycles. The van der Waals surface area contributed by atoms with Crippen molar-refractivity contribution in [3.63, 3.8) is 0 Å². The van der Waals surface area contributed by atoms with E-state index in [1.54, 1.807) is 24.4 Å². The molecule has 2 N–H and O–H groups in total. The van der Waals surface area contributed by atoms with Gasteiger partial charge < -0.3 is 10.6 Å². The van der Waals surface area contributed by atoms with Gasteiger partial charge in [-0.3, -0.25) is 15.1 Å². The third-order valence-electron chi connectivity index (χ3n) is 3.92. The van der Waals surface area contributed by atoms with E-state index in [2.05, 4.69) is 15.6 Å². The SMILES string of the molecule is O=[N+]([O-])c1c(NCC2CCCNC2)ccc2ncccc12. The Kier molecular flexibility index (Phi) is 3.96. The monoisotopic (exact) mass is 286 g/mol. The van der Waals surface area contributed by atoms with E-state index in [-0.39, 0.29) is 10.6 Å². The molecule has 110 valence electrons. The molecular formula is C15H18N4O2. The zero-order valence-electron chi connectivity index (χ0n) is 11.7. The van der Waals surface area contributed by atoms with Crippen LogP contribution in [0.15, 0.2) is 30.5 Å². The van der Waals surface area contributed by atoms with Gasteiger partial charge >= 0.3 is 5.69 Å². The Morgan fingerprint density at radius 2 is 2.33 bits per heavy atom. The number of aromatic nitrogens is 1. The standard InChI is InChI=1S/C15H18N4O2/c20-19(21)15-12-4-2-8-17-13(12)5-6-14(15)18-10-11-3-1-7-16-9-11/h2,4-6,8,11,16,18H,1,3,7,9-10H2. The van der Waals surface area contributed by atoms with Crippen LogP contribution in [0.5, 0.6) is 0 Å². The first kappa shape index (κ1) is 13.8. The zero-order valence-corrected chi connectivity index (χ0v) is 11.7. The molecule has 1 aliphatic rings. The Morgan fingerprint density at radius 1 is 1.43 bits per heavy atom. The van der Waals surface area contributed by atoms with Gasteiger partial charge in [0.1, 0.15) is 5.69 Å². The number of anilines is 1. The number of hydrogen-bond acceptors (Lipinski definition) is 5. The summed E-state index contributed by atoms with van der Waals surface area (Å²) in [6.45, 7) is 2.79. The summed E-state index contributed by atoms with van der Waals surface area (Å²) in [4.78, 5) is 15.3. The molecule has 1 aliphatic heterocycles. The quantitative estimate of drug-likeness (QED) is 0.667. The van der Waals surface area contributed by atoms with Crippen LogP contribution in [0.2, 0.25) is 0 Å². The smallest absolute Gasteiger partial charge is 0.301 e. The normalized spacial score (nSPS) is 18.6. The van der Waals surface area contributed by atoms with Gasteiger partial charge in [-0.15, -0.1) is 0 Å². The molecule has 6 nitrogen and oxygen atoms in total. The van der Waals surface area contributed by atoms with Crippen LogP contribution in [0.3, 0.4) is 0 Å². The molecule has 3 rings (SSSR count). The van der Waals surface area contributed by atoms with Crippen LogP contribution in [-0.4, -0.2) is 29.5 Å². The van der Waals surface area contributed by atoms with Crippen LogP contribution in [0, 0.1) is 16.0 Å². The maximum atomic E-state index is 11.4. The number of nitro groups is 1. The molecule has 0 aliphatic carbocycles. The van der Waals surface area contributed by atoms with Crippen molar-refractivity contribution in [1.82, 2.24) is 10.3 Å². The van der Waals surface area contributed by atoms with Gasteiger partial charge in [0.2, 0.25) is 0 Å². The molecule has 0 radical (unpaired) electrons.